The molecule has 1 fully saturated rings. The molecule has 21 heavy (non-hydrogen) atoms. The lowest BCUT2D eigenvalue weighted by Crippen LogP contribution is -2.45. The smallest absolute Gasteiger partial charge is 0.317 e. The number of likely N-dealkylation sites (tertiary alicyclic amines) is 1. The molecule has 0 bridgehead atoms. The Morgan fingerprint density at radius 2 is 1.86 bits per heavy atom. The first kappa shape index (κ1) is 15.8. The summed E-state index contributed by atoms with van der Waals surface area (Å²) >= 11 is 0. The highest BCUT2D eigenvalue weighted by Gasteiger charge is 2.24. The Labute approximate surface area is 126 Å². The number of nitrogens with zero attached hydrogens (tertiary/aromatic N) is 1. The number of carbonyl (C=O) groups excluding carboxylic acids is 1. The molecule has 1 heterocycles. The van der Waals surface area contributed by atoms with Crippen molar-refractivity contribution >= 4 is 15.9 Å². The Bertz CT molecular complexity index is 564. The van der Waals surface area contributed by atoms with Crippen LogP contribution in [0.4, 0.5) is 4.79 Å². The molecule has 2 amide bonds. The van der Waals surface area contributed by atoms with Crippen LogP contribution in [0.2, 0.25) is 0 Å². The second kappa shape index (κ2) is 6.93. The van der Waals surface area contributed by atoms with Crippen molar-refractivity contribution in [3.8, 4) is 0 Å². The molecule has 1 saturated heterocycles. The van der Waals surface area contributed by atoms with Gasteiger partial charge < -0.3 is 10.2 Å². The van der Waals surface area contributed by atoms with Crippen molar-refractivity contribution in [1.29, 1.82) is 0 Å². The summed E-state index contributed by atoms with van der Waals surface area (Å²) in [7, 11) is -2.93. The molecule has 1 aromatic rings. The molecule has 1 aliphatic heterocycles. The van der Waals surface area contributed by atoms with Gasteiger partial charge in [-0.15, -0.1) is 0 Å². The van der Waals surface area contributed by atoms with E-state index in [-0.39, 0.29) is 17.7 Å². The molecule has 0 radical (unpaired) electrons. The predicted molar refractivity (Wildman–Crippen MR) is 82.7 cm³/mol. The number of amides is 2. The quantitative estimate of drug-likeness (QED) is 0.919. The molecule has 2 rings (SSSR count). The fourth-order valence-electron chi connectivity index (χ4n) is 2.62. The van der Waals surface area contributed by atoms with Crippen LogP contribution in [-0.4, -0.2) is 44.4 Å². The highest BCUT2D eigenvalue weighted by Crippen LogP contribution is 2.18. The second-order valence-corrected chi connectivity index (χ2v) is 7.85. The van der Waals surface area contributed by atoms with Crippen LogP contribution in [0.15, 0.2) is 30.3 Å². The Kier molecular flexibility index (Phi) is 5.22. The molecule has 0 spiro atoms. The first-order valence-corrected chi connectivity index (χ1v) is 9.24. The molecule has 1 N–H and O–H groups in total. The van der Waals surface area contributed by atoms with Gasteiger partial charge in [0.2, 0.25) is 0 Å². The minimum absolute atomic E-state index is 0.0725. The van der Waals surface area contributed by atoms with Gasteiger partial charge in [-0.2, -0.15) is 0 Å². The molecule has 0 unspecified atom stereocenters. The third-order valence-electron chi connectivity index (χ3n) is 3.73. The van der Waals surface area contributed by atoms with Crippen LogP contribution in [0.25, 0.3) is 0 Å². The monoisotopic (exact) mass is 310 g/mol. The number of hydrogen-bond donors (Lipinski definition) is 1. The number of hydrogen-bond acceptors (Lipinski definition) is 3. The molecular formula is C15H22N2O3S. The Morgan fingerprint density at radius 3 is 2.43 bits per heavy atom. The molecule has 5 nitrogen and oxygen atoms in total. The summed E-state index contributed by atoms with van der Waals surface area (Å²) in [5.41, 5.74) is 1.07. The Hall–Kier alpha value is -1.56. The summed E-state index contributed by atoms with van der Waals surface area (Å²) in [4.78, 5) is 13.8. The van der Waals surface area contributed by atoms with Crippen LogP contribution in [0, 0.1) is 5.92 Å². The highest BCUT2D eigenvalue weighted by molar-refractivity contribution is 7.90. The lowest BCUT2D eigenvalue weighted by atomic mass is 9.99. The molecule has 116 valence electrons. The van der Waals surface area contributed by atoms with Crippen LogP contribution >= 0.6 is 0 Å². The number of sulfone groups is 1. The van der Waals surface area contributed by atoms with Crippen molar-refractivity contribution < 1.29 is 13.2 Å². The van der Waals surface area contributed by atoms with E-state index in [4.69, 9.17) is 0 Å². The van der Waals surface area contributed by atoms with Crippen molar-refractivity contribution in [3.05, 3.63) is 35.9 Å². The van der Waals surface area contributed by atoms with Gasteiger partial charge in [0, 0.05) is 25.9 Å². The van der Waals surface area contributed by atoms with E-state index in [2.05, 4.69) is 5.32 Å². The maximum atomic E-state index is 12.1. The lowest BCUT2D eigenvalue weighted by molar-refractivity contribution is 0.174. The van der Waals surface area contributed by atoms with Crippen molar-refractivity contribution in [2.75, 3.05) is 25.1 Å². The van der Waals surface area contributed by atoms with E-state index in [0.717, 1.165) is 18.4 Å². The minimum atomic E-state index is -2.93. The Balaban J connectivity index is 1.75. The molecule has 1 aromatic carbocycles. The summed E-state index contributed by atoms with van der Waals surface area (Å²) in [5.74, 6) is 0.408. The summed E-state index contributed by atoms with van der Waals surface area (Å²) in [6.45, 7) is 1.77. The Morgan fingerprint density at radius 1 is 1.24 bits per heavy atom. The van der Waals surface area contributed by atoms with E-state index in [1.807, 2.05) is 30.3 Å². The first-order valence-electron chi connectivity index (χ1n) is 7.18. The lowest BCUT2D eigenvalue weighted by Gasteiger charge is -2.31. The first-order chi connectivity index (χ1) is 9.94. The molecule has 0 aromatic heterocycles. The molecule has 0 atom stereocenters. The number of carbonyl (C=O) groups is 1. The van der Waals surface area contributed by atoms with E-state index < -0.39 is 9.84 Å². The number of piperidine rings is 1. The standard InChI is InChI=1S/C15H22N2O3S/c1-21(19,20)12-14-7-9-17(10-8-14)15(18)16-11-13-5-3-2-4-6-13/h2-6,14H,7-12H2,1H3,(H,16,18). The van der Waals surface area contributed by atoms with Gasteiger partial charge in [0.15, 0.2) is 0 Å². The topological polar surface area (TPSA) is 66.5 Å². The van der Waals surface area contributed by atoms with E-state index >= 15 is 0 Å². The van der Waals surface area contributed by atoms with Gasteiger partial charge in [0.05, 0.1) is 5.75 Å². The summed E-state index contributed by atoms with van der Waals surface area (Å²) in [6, 6.07) is 9.70. The minimum Gasteiger partial charge on any atom is -0.334 e. The van der Waals surface area contributed by atoms with E-state index in [1.165, 1.54) is 6.26 Å². The van der Waals surface area contributed by atoms with Crippen LogP contribution < -0.4 is 5.32 Å². The number of rotatable bonds is 4. The molecule has 6 heteroatoms. The van der Waals surface area contributed by atoms with Gasteiger partial charge >= 0.3 is 6.03 Å². The van der Waals surface area contributed by atoms with Gasteiger partial charge in [0.25, 0.3) is 0 Å². The van der Waals surface area contributed by atoms with Crippen LogP contribution in [0.5, 0.6) is 0 Å². The van der Waals surface area contributed by atoms with Crippen LogP contribution in [0.1, 0.15) is 18.4 Å². The maximum absolute atomic E-state index is 12.1. The fraction of sp³-hybridized carbons (Fsp3) is 0.533. The van der Waals surface area contributed by atoms with Gasteiger partial charge in [-0.25, -0.2) is 13.2 Å². The van der Waals surface area contributed by atoms with E-state index in [0.29, 0.717) is 19.6 Å². The van der Waals surface area contributed by atoms with Crippen LogP contribution in [0.3, 0.4) is 0 Å². The predicted octanol–water partition coefficient (Wildman–Crippen LogP) is 1.65. The molecular weight excluding hydrogens is 288 g/mol. The number of urea groups is 1. The zero-order valence-corrected chi connectivity index (χ0v) is 13.1. The van der Waals surface area contributed by atoms with Crippen LogP contribution in [-0.2, 0) is 16.4 Å². The van der Waals surface area contributed by atoms with Crippen molar-refractivity contribution in [3.63, 3.8) is 0 Å². The van der Waals surface area contributed by atoms with Gasteiger partial charge in [-0.05, 0) is 24.3 Å². The molecule has 0 saturated carbocycles. The SMILES string of the molecule is CS(=O)(=O)CC1CCN(C(=O)NCc2ccccc2)CC1. The normalized spacial score (nSPS) is 16.7. The molecule has 1 aliphatic rings. The van der Waals surface area contributed by atoms with Crippen molar-refractivity contribution in [2.24, 2.45) is 5.92 Å². The summed E-state index contributed by atoms with van der Waals surface area (Å²) < 4.78 is 22.6. The zero-order chi connectivity index (χ0) is 15.3. The maximum Gasteiger partial charge on any atom is 0.317 e. The second-order valence-electron chi connectivity index (χ2n) is 5.67. The third kappa shape index (κ3) is 5.38. The average molecular weight is 310 g/mol. The number of nitrogens with one attached hydrogen (secondary N) is 1. The highest BCUT2D eigenvalue weighted by atomic mass is 32.2. The zero-order valence-electron chi connectivity index (χ0n) is 12.3. The number of benzene rings is 1. The summed E-state index contributed by atoms with van der Waals surface area (Å²) in [5, 5.41) is 2.90. The summed E-state index contributed by atoms with van der Waals surface area (Å²) in [6.07, 6.45) is 2.78. The van der Waals surface area contributed by atoms with Gasteiger partial charge in [-0.3, -0.25) is 0 Å². The third-order valence-corrected chi connectivity index (χ3v) is 4.80. The van der Waals surface area contributed by atoms with Crippen molar-refractivity contribution in [2.45, 2.75) is 19.4 Å². The van der Waals surface area contributed by atoms with Gasteiger partial charge in [0.1, 0.15) is 9.84 Å². The average Bonchev–Trinajstić information content (AvgIpc) is 2.45. The van der Waals surface area contributed by atoms with Crippen molar-refractivity contribution in [1.82, 2.24) is 10.2 Å². The van der Waals surface area contributed by atoms with E-state index in [9.17, 15) is 13.2 Å². The van der Waals surface area contributed by atoms with E-state index in [1.54, 1.807) is 4.90 Å². The fourth-order valence-corrected chi connectivity index (χ4v) is 3.81. The largest absolute Gasteiger partial charge is 0.334 e. The molecule has 0 aliphatic carbocycles. The van der Waals surface area contributed by atoms with Gasteiger partial charge in [-0.1, -0.05) is 30.3 Å².